The summed E-state index contributed by atoms with van der Waals surface area (Å²) in [6.07, 6.45) is -5.30. The van der Waals surface area contributed by atoms with E-state index in [4.69, 9.17) is 16.9 Å². The van der Waals surface area contributed by atoms with Crippen molar-refractivity contribution >= 4 is 17.5 Å². The first kappa shape index (κ1) is 19.7. The molecular weight excluding hydrogens is 361 g/mol. The van der Waals surface area contributed by atoms with E-state index in [1.807, 2.05) is 0 Å². The maximum atomic E-state index is 14.0. The van der Waals surface area contributed by atoms with Gasteiger partial charge in [-0.3, -0.25) is 5.41 Å². The molecule has 2 atom stereocenters. The monoisotopic (exact) mass is 379 g/mol. The number of aliphatic imine (C=N–C) groups is 1. The number of likely N-dealkylation sites (tertiary alicyclic amines) is 1. The summed E-state index contributed by atoms with van der Waals surface area (Å²) in [4.78, 5) is 5.22. The Morgan fingerprint density at radius 3 is 2.35 bits per heavy atom. The Labute approximate surface area is 146 Å². The minimum Gasteiger partial charge on any atom is -0.406 e. The van der Waals surface area contributed by atoms with Crippen LogP contribution in [-0.2, 0) is 0 Å². The lowest BCUT2D eigenvalue weighted by atomic mass is 9.86. The van der Waals surface area contributed by atoms with Gasteiger partial charge >= 0.3 is 6.36 Å². The number of benzene rings is 1. The van der Waals surface area contributed by atoms with Gasteiger partial charge in [0.15, 0.2) is 5.96 Å². The molecule has 6 nitrogen and oxygen atoms in total. The molecule has 0 aromatic heterocycles. The lowest BCUT2D eigenvalue weighted by molar-refractivity contribution is -0.274. The Kier molecular flexibility index (Phi) is 5.28. The van der Waals surface area contributed by atoms with E-state index in [2.05, 4.69) is 9.73 Å². The Balaban J connectivity index is 2.26. The lowest BCUT2D eigenvalue weighted by Crippen LogP contribution is -2.61. The van der Waals surface area contributed by atoms with E-state index in [1.54, 1.807) is 0 Å². The second-order valence-electron chi connectivity index (χ2n) is 5.90. The van der Waals surface area contributed by atoms with Crippen molar-refractivity contribution in [2.24, 2.45) is 22.4 Å². The molecule has 0 bridgehead atoms. The lowest BCUT2D eigenvalue weighted by Gasteiger charge is -2.43. The molecule has 144 valence electrons. The van der Waals surface area contributed by atoms with E-state index < -0.39 is 42.4 Å². The maximum absolute atomic E-state index is 14.0. The van der Waals surface area contributed by atoms with Crippen LogP contribution in [-0.4, -0.2) is 41.6 Å². The summed E-state index contributed by atoms with van der Waals surface area (Å²) in [6.45, 7) is 1.12. The summed E-state index contributed by atoms with van der Waals surface area (Å²) >= 11 is 0. The fourth-order valence-corrected chi connectivity index (χ4v) is 2.76. The second kappa shape index (κ2) is 6.96. The standard InChI is InChI=1S/C15H18F5N5O/c1-8-11(25(13(22)23)7-6-14(8,16)17)12(21)24-9-2-4-10(5-3-9)26-15(18,19)20/h2-5,8,11H,6-7H2,1H3,(H2,21,24)(H3,22,23). The molecule has 5 N–H and O–H groups in total. The largest absolute Gasteiger partial charge is 0.573 e. The van der Waals surface area contributed by atoms with Crippen LogP contribution in [0.5, 0.6) is 5.75 Å². The minimum atomic E-state index is -4.82. The number of hydrogen-bond donors (Lipinski definition) is 3. The van der Waals surface area contributed by atoms with Crippen molar-refractivity contribution < 1.29 is 26.7 Å². The molecule has 1 saturated heterocycles. The number of nitrogens with zero attached hydrogens (tertiary/aromatic N) is 2. The zero-order chi connectivity index (χ0) is 19.7. The van der Waals surface area contributed by atoms with Gasteiger partial charge in [-0.15, -0.1) is 13.2 Å². The molecule has 1 aromatic rings. The van der Waals surface area contributed by atoms with Crippen LogP contribution >= 0.6 is 0 Å². The molecule has 2 unspecified atom stereocenters. The normalized spacial score (nSPS) is 23.6. The third kappa shape index (κ3) is 4.52. The molecule has 1 aliphatic rings. The average molecular weight is 379 g/mol. The fourth-order valence-electron chi connectivity index (χ4n) is 2.76. The number of nitrogens with one attached hydrogen (secondary N) is 1. The van der Waals surface area contributed by atoms with Crippen molar-refractivity contribution in [2.45, 2.75) is 31.7 Å². The summed E-state index contributed by atoms with van der Waals surface area (Å²) in [5.74, 6) is -5.34. The molecule has 11 heteroatoms. The van der Waals surface area contributed by atoms with Gasteiger partial charge in [0.1, 0.15) is 11.6 Å². The van der Waals surface area contributed by atoms with Gasteiger partial charge in [0.25, 0.3) is 5.92 Å². The smallest absolute Gasteiger partial charge is 0.406 e. The van der Waals surface area contributed by atoms with Gasteiger partial charge in [-0.2, -0.15) is 0 Å². The molecule has 1 heterocycles. The molecule has 0 aliphatic carbocycles. The maximum Gasteiger partial charge on any atom is 0.573 e. The number of piperidine rings is 1. The van der Waals surface area contributed by atoms with Gasteiger partial charge in [0.05, 0.1) is 11.7 Å². The van der Waals surface area contributed by atoms with Crippen LogP contribution in [0.2, 0.25) is 0 Å². The molecule has 1 aliphatic heterocycles. The van der Waals surface area contributed by atoms with Crippen molar-refractivity contribution in [1.82, 2.24) is 4.90 Å². The van der Waals surface area contributed by atoms with Gasteiger partial charge in [-0.25, -0.2) is 13.8 Å². The Bertz CT molecular complexity index is 689. The number of nitrogens with two attached hydrogens (primary N) is 2. The van der Waals surface area contributed by atoms with Crippen LogP contribution in [0.4, 0.5) is 27.6 Å². The van der Waals surface area contributed by atoms with Crippen LogP contribution in [0, 0.1) is 11.3 Å². The molecule has 2 rings (SSSR count). The number of ether oxygens (including phenoxy) is 1. The van der Waals surface area contributed by atoms with Gasteiger partial charge in [0, 0.05) is 18.9 Å². The predicted octanol–water partition coefficient (Wildman–Crippen LogP) is 2.81. The molecule has 0 spiro atoms. The number of alkyl halides is 5. The van der Waals surface area contributed by atoms with E-state index in [0.29, 0.717) is 0 Å². The highest BCUT2D eigenvalue weighted by atomic mass is 19.4. The van der Waals surface area contributed by atoms with Crippen LogP contribution in [0.25, 0.3) is 0 Å². The highest BCUT2D eigenvalue weighted by Crippen LogP contribution is 2.37. The predicted molar refractivity (Wildman–Crippen MR) is 85.5 cm³/mol. The first-order valence-electron chi connectivity index (χ1n) is 7.59. The molecule has 26 heavy (non-hydrogen) atoms. The van der Waals surface area contributed by atoms with E-state index in [-0.39, 0.29) is 18.1 Å². The molecule has 1 fully saturated rings. The average Bonchev–Trinajstić information content (AvgIpc) is 2.50. The Morgan fingerprint density at radius 2 is 1.85 bits per heavy atom. The van der Waals surface area contributed by atoms with Crippen molar-refractivity contribution in [1.29, 1.82) is 5.41 Å². The first-order chi connectivity index (χ1) is 11.9. The van der Waals surface area contributed by atoms with E-state index in [0.717, 1.165) is 12.1 Å². The van der Waals surface area contributed by atoms with Gasteiger partial charge in [0.2, 0.25) is 0 Å². The van der Waals surface area contributed by atoms with Crippen molar-refractivity contribution in [3.8, 4) is 5.75 Å². The van der Waals surface area contributed by atoms with Crippen LogP contribution in [0.3, 0.4) is 0 Å². The first-order valence-corrected chi connectivity index (χ1v) is 7.59. The summed E-state index contributed by atoms with van der Waals surface area (Å²) < 4.78 is 68.2. The second-order valence-corrected chi connectivity index (χ2v) is 5.90. The summed E-state index contributed by atoms with van der Waals surface area (Å²) in [7, 11) is 0. The van der Waals surface area contributed by atoms with E-state index in [9.17, 15) is 22.0 Å². The van der Waals surface area contributed by atoms with E-state index in [1.165, 1.54) is 24.0 Å². The molecular formula is C15H18F5N5O. The van der Waals surface area contributed by atoms with Gasteiger partial charge in [-0.1, -0.05) is 6.92 Å². The minimum absolute atomic E-state index is 0.154. The third-order valence-corrected chi connectivity index (χ3v) is 4.10. The van der Waals surface area contributed by atoms with Crippen LogP contribution in [0.15, 0.2) is 29.3 Å². The van der Waals surface area contributed by atoms with E-state index >= 15 is 0 Å². The van der Waals surface area contributed by atoms with Crippen molar-refractivity contribution in [3.63, 3.8) is 0 Å². The molecule has 1 aromatic carbocycles. The number of rotatable bonds is 3. The number of hydrogen-bond acceptors (Lipinski definition) is 3. The SMILES string of the molecule is CC1C(C(N)=Nc2ccc(OC(F)(F)F)cc2)N(C(=N)N)CCC1(F)F. The zero-order valence-corrected chi connectivity index (χ0v) is 13.7. The quantitative estimate of drug-likeness (QED) is 0.427. The van der Waals surface area contributed by atoms with Gasteiger partial charge < -0.3 is 21.1 Å². The fraction of sp³-hybridized carbons (Fsp3) is 0.467. The highest BCUT2D eigenvalue weighted by Gasteiger charge is 2.49. The van der Waals surface area contributed by atoms with Crippen LogP contribution < -0.4 is 16.2 Å². The Morgan fingerprint density at radius 1 is 1.27 bits per heavy atom. The van der Waals surface area contributed by atoms with Crippen molar-refractivity contribution in [2.75, 3.05) is 6.54 Å². The molecule has 0 saturated carbocycles. The third-order valence-electron chi connectivity index (χ3n) is 4.10. The topological polar surface area (TPSA) is 101 Å². The van der Waals surface area contributed by atoms with Crippen LogP contribution in [0.1, 0.15) is 13.3 Å². The zero-order valence-electron chi connectivity index (χ0n) is 13.7. The molecule has 0 radical (unpaired) electrons. The highest BCUT2D eigenvalue weighted by molar-refractivity contribution is 5.92. The van der Waals surface area contributed by atoms with Crippen molar-refractivity contribution in [3.05, 3.63) is 24.3 Å². The summed E-state index contributed by atoms with van der Waals surface area (Å²) in [5.41, 5.74) is 11.5. The van der Waals surface area contributed by atoms with Gasteiger partial charge in [-0.05, 0) is 24.3 Å². The Hall–Kier alpha value is -2.59. The number of guanidine groups is 1. The number of amidine groups is 1. The number of halogens is 5. The summed E-state index contributed by atoms with van der Waals surface area (Å²) in [6, 6.07) is 3.36. The molecule has 0 amide bonds. The summed E-state index contributed by atoms with van der Waals surface area (Å²) in [5, 5.41) is 7.55.